The van der Waals surface area contributed by atoms with Crippen LogP contribution in [-0.4, -0.2) is 54.3 Å². The number of hydrogen-bond acceptors (Lipinski definition) is 3. The number of nitrogens with one attached hydrogen (secondary N) is 1. The van der Waals surface area contributed by atoms with Crippen molar-refractivity contribution in [3.63, 3.8) is 0 Å². The summed E-state index contributed by atoms with van der Waals surface area (Å²) >= 11 is 0. The van der Waals surface area contributed by atoms with Gasteiger partial charge in [-0.25, -0.2) is 0 Å². The third-order valence-corrected chi connectivity index (χ3v) is 5.27. The summed E-state index contributed by atoms with van der Waals surface area (Å²) in [4.78, 5) is 28.3. The molecule has 1 aromatic rings. The molecule has 2 fully saturated rings. The molecule has 3 rings (SSSR count). The van der Waals surface area contributed by atoms with E-state index in [9.17, 15) is 9.59 Å². The first kappa shape index (κ1) is 17.0. The molecule has 0 radical (unpaired) electrons. The summed E-state index contributed by atoms with van der Waals surface area (Å²) in [6, 6.07) is 10.2. The van der Waals surface area contributed by atoms with Gasteiger partial charge in [0, 0.05) is 33.1 Å². The lowest BCUT2D eigenvalue weighted by atomic mass is 9.80. The minimum absolute atomic E-state index is 0.000413. The highest BCUT2D eigenvalue weighted by Gasteiger charge is 2.37. The van der Waals surface area contributed by atoms with Crippen molar-refractivity contribution >= 4 is 11.8 Å². The Labute approximate surface area is 144 Å². The van der Waals surface area contributed by atoms with Crippen LogP contribution in [0.5, 0.6) is 0 Å². The molecule has 2 aliphatic rings. The first-order valence-electron chi connectivity index (χ1n) is 8.93. The zero-order valence-electron chi connectivity index (χ0n) is 14.5. The van der Waals surface area contributed by atoms with Gasteiger partial charge < -0.3 is 10.2 Å². The smallest absolute Gasteiger partial charge is 0.236 e. The Morgan fingerprint density at radius 3 is 2.25 bits per heavy atom. The highest BCUT2D eigenvalue weighted by Crippen LogP contribution is 2.33. The van der Waals surface area contributed by atoms with Crippen LogP contribution in [0.4, 0.5) is 0 Å². The second-order valence-corrected chi connectivity index (χ2v) is 6.99. The Kier molecular flexibility index (Phi) is 5.19. The average Bonchev–Trinajstić information content (AvgIpc) is 3.12. The monoisotopic (exact) mass is 329 g/mol. The number of hydrogen-bond donors (Lipinski definition) is 1. The average molecular weight is 329 g/mol. The Balaban J connectivity index is 1.64. The Morgan fingerprint density at radius 1 is 1.04 bits per heavy atom. The van der Waals surface area contributed by atoms with E-state index in [1.165, 1.54) is 0 Å². The Bertz CT molecular complexity index is 574. The van der Waals surface area contributed by atoms with E-state index in [-0.39, 0.29) is 17.4 Å². The molecule has 0 saturated carbocycles. The summed E-state index contributed by atoms with van der Waals surface area (Å²) < 4.78 is 0. The zero-order valence-corrected chi connectivity index (χ0v) is 14.5. The lowest BCUT2D eigenvalue weighted by Crippen LogP contribution is -2.54. The summed E-state index contributed by atoms with van der Waals surface area (Å²) in [6.07, 6.45) is 3.94. The largest absolute Gasteiger partial charge is 0.347 e. The molecule has 5 nitrogen and oxygen atoms in total. The van der Waals surface area contributed by atoms with Crippen LogP contribution in [-0.2, 0) is 15.1 Å². The number of nitrogens with zero attached hydrogens (tertiary/aromatic N) is 2. The van der Waals surface area contributed by atoms with E-state index < -0.39 is 0 Å². The Hall–Kier alpha value is -1.88. The van der Waals surface area contributed by atoms with E-state index in [1.54, 1.807) is 6.92 Å². The van der Waals surface area contributed by atoms with Crippen LogP contribution in [0, 0.1) is 0 Å². The fourth-order valence-electron chi connectivity index (χ4n) is 3.93. The van der Waals surface area contributed by atoms with E-state index in [2.05, 4.69) is 22.3 Å². The number of rotatable bonds is 4. The molecule has 0 atom stereocenters. The number of piperidine rings is 1. The molecule has 1 N–H and O–H groups in total. The molecular formula is C19H27N3O2. The predicted molar refractivity (Wildman–Crippen MR) is 93.4 cm³/mol. The van der Waals surface area contributed by atoms with Crippen LogP contribution >= 0.6 is 0 Å². The van der Waals surface area contributed by atoms with E-state index in [0.29, 0.717) is 6.54 Å². The molecule has 0 aliphatic carbocycles. The first-order chi connectivity index (χ1) is 11.6. The molecule has 0 spiro atoms. The maximum atomic E-state index is 12.3. The van der Waals surface area contributed by atoms with Crippen LogP contribution in [0.25, 0.3) is 0 Å². The molecule has 0 aromatic heterocycles. The fourth-order valence-corrected chi connectivity index (χ4v) is 3.93. The molecule has 5 heteroatoms. The second kappa shape index (κ2) is 7.34. The van der Waals surface area contributed by atoms with Gasteiger partial charge >= 0.3 is 0 Å². The molecule has 0 bridgehead atoms. The topological polar surface area (TPSA) is 52.7 Å². The summed E-state index contributed by atoms with van der Waals surface area (Å²) in [7, 11) is 0. The maximum absolute atomic E-state index is 12.3. The van der Waals surface area contributed by atoms with Gasteiger partial charge in [0.1, 0.15) is 0 Å². The van der Waals surface area contributed by atoms with Crippen molar-refractivity contribution in [2.75, 3.05) is 32.7 Å². The van der Waals surface area contributed by atoms with Gasteiger partial charge in [-0.3, -0.25) is 14.5 Å². The number of carbonyl (C=O) groups excluding carboxylic acids is 2. The zero-order chi connectivity index (χ0) is 17.0. The van der Waals surface area contributed by atoms with Gasteiger partial charge in [-0.05, 0) is 31.2 Å². The maximum Gasteiger partial charge on any atom is 0.236 e. The lowest BCUT2D eigenvalue weighted by molar-refractivity contribution is -0.132. The molecular weight excluding hydrogens is 302 g/mol. The van der Waals surface area contributed by atoms with Gasteiger partial charge in [0.2, 0.25) is 11.8 Å². The van der Waals surface area contributed by atoms with Gasteiger partial charge in [-0.15, -0.1) is 0 Å². The SMILES string of the molecule is CC(=O)NC1(c2ccccc2)CCN(CC(=O)N2CCCC2)CC1. The van der Waals surface area contributed by atoms with Gasteiger partial charge in [-0.2, -0.15) is 0 Å². The predicted octanol–water partition coefficient (Wildman–Crippen LogP) is 1.74. The fraction of sp³-hybridized carbons (Fsp3) is 0.579. The molecule has 2 saturated heterocycles. The third-order valence-electron chi connectivity index (χ3n) is 5.27. The van der Waals surface area contributed by atoms with Crippen molar-refractivity contribution in [3.8, 4) is 0 Å². The van der Waals surface area contributed by atoms with Crippen LogP contribution in [0.3, 0.4) is 0 Å². The second-order valence-electron chi connectivity index (χ2n) is 6.99. The van der Waals surface area contributed by atoms with Crippen molar-refractivity contribution < 1.29 is 9.59 Å². The quantitative estimate of drug-likeness (QED) is 0.915. The summed E-state index contributed by atoms with van der Waals surface area (Å²) in [6.45, 7) is 5.56. The van der Waals surface area contributed by atoms with E-state index in [0.717, 1.165) is 57.4 Å². The molecule has 24 heavy (non-hydrogen) atoms. The van der Waals surface area contributed by atoms with Crippen molar-refractivity contribution in [3.05, 3.63) is 35.9 Å². The highest BCUT2D eigenvalue weighted by atomic mass is 16.2. The van der Waals surface area contributed by atoms with E-state index in [1.807, 2.05) is 23.1 Å². The minimum Gasteiger partial charge on any atom is -0.347 e. The van der Waals surface area contributed by atoms with Crippen LogP contribution in [0.2, 0.25) is 0 Å². The summed E-state index contributed by atoms with van der Waals surface area (Å²) in [5, 5.41) is 3.18. The minimum atomic E-state index is -0.305. The lowest BCUT2D eigenvalue weighted by Gasteiger charge is -2.42. The van der Waals surface area contributed by atoms with Gasteiger partial charge in [0.15, 0.2) is 0 Å². The van der Waals surface area contributed by atoms with Crippen molar-refractivity contribution in [1.82, 2.24) is 15.1 Å². The molecule has 0 unspecified atom stereocenters. The van der Waals surface area contributed by atoms with Crippen LogP contribution in [0.1, 0.15) is 38.2 Å². The standard InChI is InChI=1S/C19H27N3O2/c1-16(23)20-19(17-7-3-2-4-8-17)9-13-21(14-10-19)15-18(24)22-11-5-6-12-22/h2-4,7-8H,5-6,9-15H2,1H3,(H,20,23). The van der Waals surface area contributed by atoms with Crippen LogP contribution in [0.15, 0.2) is 30.3 Å². The summed E-state index contributed by atoms with van der Waals surface area (Å²) in [5.41, 5.74) is 0.853. The normalized spacial score (nSPS) is 20.8. The number of benzene rings is 1. The van der Waals surface area contributed by atoms with Crippen molar-refractivity contribution in [1.29, 1.82) is 0 Å². The highest BCUT2D eigenvalue weighted by molar-refractivity contribution is 5.78. The summed E-state index contributed by atoms with van der Waals surface area (Å²) in [5.74, 6) is 0.250. The van der Waals surface area contributed by atoms with Crippen molar-refractivity contribution in [2.24, 2.45) is 0 Å². The third kappa shape index (κ3) is 3.78. The first-order valence-corrected chi connectivity index (χ1v) is 8.93. The number of carbonyl (C=O) groups is 2. The molecule has 130 valence electrons. The van der Waals surface area contributed by atoms with E-state index in [4.69, 9.17) is 0 Å². The number of likely N-dealkylation sites (tertiary alicyclic amines) is 2. The van der Waals surface area contributed by atoms with Crippen LogP contribution < -0.4 is 5.32 Å². The van der Waals surface area contributed by atoms with Gasteiger partial charge in [0.05, 0.1) is 12.1 Å². The molecule has 2 amide bonds. The molecule has 2 aliphatic heterocycles. The molecule has 1 aromatic carbocycles. The van der Waals surface area contributed by atoms with E-state index >= 15 is 0 Å². The number of amides is 2. The Morgan fingerprint density at radius 2 is 1.67 bits per heavy atom. The van der Waals surface area contributed by atoms with Gasteiger partial charge in [0.25, 0.3) is 0 Å². The van der Waals surface area contributed by atoms with Gasteiger partial charge in [-0.1, -0.05) is 30.3 Å². The molecule has 2 heterocycles. The van der Waals surface area contributed by atoms with Crippen molar-refractivity contribution in [2.45, 2.75) is 38.1 Å².